The summed E-state index contributed by atoms with van der Waals surface area (Å²) >= 11 is 0. The van der Waals surface area contributed by atoms with Crippen LogP contribution in [0, 0.1) is 0 Å². The number of unbranched alkanes of at least 4 members (excludes halogenated alkanes) is 6. The zero-order valence-electron chi connectivity index (χ0n) is 13.5. The molecule has 0 fully saturated rings. The largest absolute Gasteiger partial charge is 0.463 e. The Balaban J connectivity index is 3.13. The van der Waals surface area contributed by atoms with E-state index in [9.17, 15) is 4.79 Å². The molecule has 1 N–H and O–H groups in total. The van der Waals surface area contributed by atoms with Crippen LogP contribution >= 0.6 is 0 Å². The summed E-state index contributed by atoms with van der Waals surface area (Å²) in [6, 6.07) is 0. The second kappa shape index (κ2) is 17.4. The summed E-state index contributed by atoms with van der Waals surface area (Å²) in [7, 11) is 0. The number of carbonyl (C=O) groups is 1. The fourth-order valence-electron chi connectivity index (χ4n) is 1.90. The summed E-state index contributed by atoms with van der Waals surface area (Å²) in [6.45, 7) is 4.16. The van der Waals surface area contributed by atoms with Gasteiger partial charge in [0.25, 0.3) is 0 Å². The highest BCUT2D eigenvalue weighted by Crippen LogP contribution is 2.08. The monoisotopic (exact) mass is 304 g/mol. The van der Waals surface area contributed by atoms with Gasteiger partial charge in [0.1, 0.15) is 6.61 Å². The van der Waals surface area contributed by atoms with Gasteiger partial charge in [-0.1, -0.05) is 45.4 Å². The Hall–Kier alpha value is -0.650. The van der Waals surface area contributed by atoms with Crippen molar-refractivity contribution in [3.05, 3.63) is 0 Å². The van der Waals surface area contributed by atoms with E-state index in [1.54, 1.807) is 0 Å². The smallest absolute Gasteiger partial charge is 0.305 e. The summed E-state index contributed by atoms with van der Waals surface area (Å²) in [5.41, 5.74) is 0. The van der Waals surface area contributed by atoms with Crippen molar-refractivity contribution in [2.45, 2.75) is 58.3 Å². The van der Waals surface area contributed by atoms with E-state index in [-0.39, 0.29) is 12.6 Å². The SMILES string of the molecule is CCCCCCCCCC(=O)OCCOCCOCCO. The van der Waals surface area contributed by atoms with Crippen LogP contribution in [-0.4, -0.2) is 50.7 Å². The maximum Gasteiger partial charge on any atom is 0.305 e. The minimum atomic E-state index is -0.135. The minimum Gasteiger partial charge on any atom is -0.463 e. The Morgan fingerprint density at radius 2 is 1.38 bits per heavy atom. The van der Waals surface area contributed by atoms with Crippen LogP contribution in [-0.2, 0) is 19.0 Å². The maximum absolute atomic E-state index is 11.4. The molecular weight excluding hydrogens is 272 g/mol. The van der Waals surface area contributed by atoms with Crippen molar-refractivity contribution in [2.24, 2.45) is 0 Å². The van der Waals surface area contributed by atoms with Gasteiger partial charge in [0.05, 0.1) is 33.0 Å². The van der Waals surface area contributed by atoms with Crippen LogP contribution in [0.3, 0.4) is 0 Å². The molecule has 0 spiro atoms. The highest BCUT2D eigenvalue weighted by Gasteiger charge is 2.02. The molecule has 0 atom stereocenters. The van der Waals surface area contributed by atoms with Crippen molar-refractivity contribution < 1.29 is 24.1 Å². The number of ether oxygens (including phenoxy) is 3. The van der Waals surface area contributed by atoms with Gasteiger partial charge in [-0.05, 0) is 6.42 Å². The maximum atomic E-state index is 11.4. The Labute approximate surface area is 129 Å². The third kappa shape index (κ3) is 17.3. The first kappa shape index (κ1) is 20.3. The fourth-order valence-corrected chi connectivity index (χ4v) is 1.90. The first-order valence-corrected chi connectivity index (χ1v) is 8.23. The molecular formula is C16H32O5. The van der Waals surface area contributed by atoms with Crippen LogP contribution in [0.4, 0.5) is 0 Å². The summed E-state index contributed by atoms with van der Waals surface area (Å²) in [5, 5.41) is 8.49. The number of carbonyl (C=O) groups excluding carboxylic acids is 1. The van der Waals surface area contributed by atoms with Gasteiger partial charge in [-0.2, -0.15) is 0 Å². The lowest BCUT2D eigenvalue weighted by Gasteiger charge is -2.06. The van der Waals surface area contributed by atoms with Crippen LogP contribution in [0.15, 0.2) is 0 Å². The number of esters is 1. The van der Waals surface area contributed by atoms with Gasteiger partial charge < -0.3 is 19.3 Å². The van der Waals surface area contributed by atoms with Gasteiger partial charge in [-0.25, -0.2) is 0 Å². The lowest BCUT2D eigenvalue weighted by atomic mass is 10.1. The number of aliphatic hydroxyl groups is 1. The molecule has 0 aromatic heterocycles. The Bertz CT molecular complexity index is 221. The number of hydrogen-bond acceptors (Lipinski definition) is 5. The number of aliphatic hydroxyl groups excluding tert-OH is 1. The molecule has 21 heavy (non-hydrogen) atoms. The van der Waals surface area contributed by atoms with Crippen LogP contribution in [0.1, 0.15) is 58.3 Å². The molecule has 0 aliphatic carbocycles. The van der Waals surface area contributed by atoms with E-state index < -0.39 is 0 Å². The second-order valence-electron chi connectivity index (χ2n) is 5.04. The predicted molar refractivity (Wildman–Crippen MR) is 82.3 cm³/mol. The molecule has 0 bridgehead atoms. The molecule has 0 aliphatic rings. The topological polar surface area (TPSA) is 65.0 Å². The highest BCUT2D eigenvalue weighted by atomic mass is 16.6. The quantitative estimate of drug-likeness (QED) is 0.351. The molecule has 0 unspecified atom stereocenters. The molecule has 5 nitrogen and oxygen atoms in total. The Kier molecular flexibility index (Phi) is 16.9. The molecule has 0 radical (unpaired) electrons. The summed E-state index contributed by atoms with van der Waals surface area (Å²) < 4.78 is 15.3. The van der Waals surface area contributed by atoms with E-state index in [1.807, 2.05) is 0 Å². The molecule has 0 heterocycles. The summed E-state index contributed by atoms with van der Waals surface area (Å²) in [6.07, 6.45) is 8.90. The highest BCUT2D eigenvalue weighted by molar-refractivity contribution is 5.69. The predicted octanol–water partition coefficient (Wildman–Crippen LogP) is 2.70. The molecule has 0 amide bonds. The average molecular weight is 304 g/mol. The third-order valence-corrected chi connectivity index (χ3v) is 3.08. The molecule has 0 saturated heterocycles. The van der Waals surface area contributed by atoms with Crippen molar-refractivity contribution in [3.63, 3.8) is 0 Å². The van der Waals surface area contributed by atoms with Crippen molar-refractivity contribution in [3.8, 4) is 0 Å². The van der Waals surface area contributed by atoms with Crippen molar-refractivity contribution in [1.29, 1.82) is 0 Å². The molecule has 0 saturated carbocycles. The lowest BCUT2D eigenvalue weighted by molar-refractivity contribution is -0.145. The van der Waals surface area contributed by atoms with E-state index in [0.717, 1.165) is 12.8 Å². The van der Waals surface area contributed by atoms with Crippen LogP contribution < -0.4 is 0 Å². The third-order valence-electron chi connectivity index (χ3n) is 3.08. The van der Waals surface area contributed by atoms with Gasteiger partial charge in [-0.3, -0.25) is 4.79 Å². The van der Waals surface area contributed by atoms with E-state index >= 15 is 0 Å². The molecule has 5 heteroatoms. The first-order chi connectivity index (χ1) is 10.3. The number of hydrogen-bond donors (Lipinski definition) is 1. The molecule has 0 rings (SSSR count). The first-order valence-electron chi connectivity index (χ1n) is 8.23. The average Bonchev–Trinajstić information content (AvgIpc) is 2.49. The van der Waals surface area contributed by atoms with Crippen LogP contribution in [0.25, 0.3) is 0 Å². The van der Waals surface area contributed by atoms with Gasteiger partial charge in [0.2, 0.25) is 0 Å². The molecule has 126 valence electrons. The summed E-state index contributed by atoms with van der Waals surface area (Å²) in [4.78, 5) is 11.4. The van der Waals surface area contributed by atoms with E-state index in [4.69, 9.17) is 19.3 Å². The molecule has 0 aromatic rings. The second-order valence-corrected chi connectivity index (χ2v) is 5.04. The minimum absolute atomic E-state index is 0.0240. The van der Waals surface area contributed by atoms with Crippen LogP contribution in [0.5, 0.6) is 0 Å². The van der Waals surface area contributed by atoms with Gasteiger partial charge >= 0.3 is 5.97 Å². The Morgan fingerprint density at radius 1 is 0.810 bits per heavy atom. The normalized spacial score (nSPS) is 10.8. The number of rotatable bonds is 16. The molecule has 0 aliphatic heterocycles. The zero-order chi connectivity index (χ0) is 15.6. The van der Waals surface area contributed by atoms with Gasteiger partial charge in [0.15, 0.2) is 0 Å². The van der Waals surface area contributed by atoms with Crippen molar-refractivity contribution in [2.75, 3.05) is 39.6 Å². The lowest BCUT2D eigenvalue weighted by Crippen LogP contribution is -2.13. The molecule has 0 aromatic carbocycles. The standard InChI is InChI=1S/C16H32O5/c1-2-3-4-5-6-7-8-9-16(18)21-15-14-20-13-12-19-11-10-17/h17H,2-15H2,1H3. The van der Waals surface area contributed by atoms with E-state index in [1.165, 1.54) is 32.1 Å². The Morgan fingerprint density at radius 3 is 2.05 bits per heavy atom. The zero-order valence-corrected chi connectivity index (χ0v) is 13.5. The fraction of sp³-hybridized carbons (Fsp3) is 0.938. The van der Waals surface area contributed by atoms with Crippen LogP contribution in [0.2, 0.25) is 0 Å². The van der Waals surface area contributed by atoms with Crippen molar-refractivity contribution >= 4 is 5.97 Å². The van der Waals surface area contributed by atoms with Crippen molar-refractivity contribution in [1.82, 2.24) is 0 Å². The summed E-state index contributed by atoms with van der Waals surface area (Å²) in [5.74, 6) is -0.135. The van der Waals surface area contributed by atoms with Gasteiger partial charge in [0, 0.05) is 6.42 Å². The van der Waals surface area contributed by atoms with Gasteiger partial charge in [-0.15, -0.1) is 0 Å². The van der Waals surface area contributed by atoms with E-state index in [2.05, 4.69) is 6.92 Å². The van der Waals surface area contributed by atoms with E-state index in [0.29, 0.717) is 39.5 Å².